The number of hydrogen-bond acceptors (Lipinski definition) is 8. The Balaban J connectivity index is 1.61. The van der Waals surface area contributed by atoms with Gasteiger partial charge in [0.2, 0.25) is 17.7 Å². The van der Waals surface area contributed by atoms with Crippen LogP contribution in [-0.4, -0.2) is 101 Å². The normalized spacial score (nSPS) is 33.4. The number of amides is 3. The molecule has 2 fully saturated rings. The molecule has 0 saturated carbocycles. The van der Waals surface area contributed by atoms with Gasteiger partial charge in [-0.2, -0.15) is 0 Å². The number of aliphatic hydroxyl groups excluding tert-OH is 1. The van der Waals surface area contributed by atoms with Crippen LogP contribution in [0, 0.1) is 11.8 Å². The van der Waals surface area contributed by atoms with Gasteiger partial charge < -0.3 is 34.4 Å². The average Bonchev–Trinajstić information content (AvgIpc) is 3.36. The number of cyclic esters (lactones) is 1. The number of ether oxygens (including phenoxy) is 3. The first-order valence-electron chi connectivity index (χ1n) is 15.3. The van der Waals surface area contributed by atoms with Crippen LogP contribution in [0.15, 0.2) is 54.6 Å². The van der Waals surface area contributed by atoms with E-state index in [1.165, 1.54) is 12.0 Å². The maximum absolute atomic E-state index is 14.4. The maximum atomic E-state index is 14.4. The highest BCUT2D eigenvalue weighted by molar-refractivity contribution is 5.99. The largest absolute Gasteiger partial charge is 0.455 e. The van der Waals surface area contributed by atoms with Crippen molar-refractivity contribution < 1.29 is 38.5 Å². The van der Waals surface area contributed by atoms with Crippen LogP contribution in [0.5, 0.6) is 0 Å². The van der Waals surface area contributed by atoms with Crippen LogP contribution < -0.4 is 5.32 Å². The van der Waals surface area contributed by atoms with Gasteiger partial charge >= 0.3 is 5.97 Å². The van der Waals surface area contributed by atoms with Gasteiger partial charge in [0.1, 0.15) is 23.7 Å². The summed E-state index contributed by atoms with van der Waals surface area (Å²) in [4.78, 5) is 59.1. The fourth-order valence-corrected chi connectivity index (χ4v) is 6.97. The summed E-state index contributed by atoms with van der Waals surface area (Å²) in [5.74, 6) is -3.65. The Labute approximate surface area is 258 Å². The second-order valence-corrected chi connectivity index (χ2v) is 12.8. The highest BCUT2D eigenvalue weighted by Gasteiger charge is 2.72. The number of allylic oxidation sites excluding steroid dienone is 1. The molecular formula is C33H43N3O8. The number of carbonyl (C=O) groups is 4. The van der Waals surface area contributed by atoms with Gasteiger partial charge in [-0.1, -0.05) is 54.6 Å². The Morgan fingerprint density at radius 1 is 1.09 bits per heavy atom. The van der Waals surface area contributed by atoms with Crippen molar-refractivity contribution in [1.82, 2.24) is 15.1 Å². The number of rotatable bonds is 6. The van der Waals surface area contributed by atoms with Crippen molar-refractivity contribution in [2.45, 2.75) is 75.5 Å². The Bertz CT molecular complexity index is 1310. The molecule has 44 heavy (non-hydrogen) atoms. The number of methoxy groups -OCH3 is 1. The molecule has 0 bridgehead atoms. The van der Waals surface area contributed by atoms with Crippen LogP contribution in [-0.2, 0) is 33.4 Å². The van der Waals surface area contributed by atoms with E-state index in [1.807, 2.05) is 57.2 Å². The fraction of sp³-hybridized carbons (Fsp3) is 0.576. The third-order valence-electron chi connectivity index (χ3n) is 8.93. The molecule has 0 aliphatic carbocycles. The first kappa shape index (κ1) is 31.9. The Morgan fingerprint density at radius 3 is 2.52 bits per heavy atom. The summed E-state index contributed by atoms with van der Waals surface area (Å²) in [6.07, 6.45) is 6.16. The lowest BCUT2D eigenvalue weighted by atomic mass is 9.77. The van der Waals surface area contributed by atoms with E-state index < -0.39 is 53.2 Å². The van der Waals surface area contributed by atoms with E-state index in [0.29, 0.717) is 18.5 Å². The van der Waals surface area contributed by atoms with Crippen molar-refractivity contribution in [1.29, 1.82) is 0 Å². The van der Waals surface area contributed by atoms with Gasteiger partial charge in [0, 0.05) is 38.8 Å². The SMILES string of the molecule is COC[C@H]1NC(=O)CC/C=C\[C@H]2O[C@]34C=CCN(C(C)(C)C)C(=O)[C@H]3N(CCCO)C(=O)[C@@H]4[C@H]2C(=O)O[C@@H]1c1ccccc1. The predicted octanol–water partition coefficient (Wildman–Crippen LogP) is 1.91. The molecular weight excluding hydrogens is 566 g/mol. The molecule has 11 nitrogen and oxygen atoms in total. The van der Waals surface area contributed by atoms with Gasteiger partial charge in [-0.15, -0.1) is 0 Å². The van der Waals surface area contributed by atoms with Crippen LogP contribution in [0.4, 0.5) is 0 Å². The first-order chi connectivity index (χ1) is 21.0. The van der Waals surface area contributed by atoms with Crippen LogP contribution in [0.3, 0.4) is 0 Å². The molecule has 4 aliphatic rings. The lowest BCUT2D eigenvalue weighted by molar-refractivity contribution is -0.162. The van der Waals surface area contributed by atoms with Crippen LogP contribution in [0.2, 0.25) is 0 Å². The molecule has 1 aromatic carbocycles. The summed E-state index contributed by atoms with van der Waals surface area (Å²) in [5, 5.41) is 12.6. The fourth-order valence-electron chi connectivity index (χ4n) is 6.97. The highest BCUT2D eigenvalue weighted by atomic mass is 16.6. The zero-order chi connectivity index (χ0) is 31.6. The number of hydrogen-bond donors (Lipinski definition) is 2. The third kappa shape index (κ3) is 5.80. The molecule has 5 rings (SSSR count). The average molecular weight is 610 g/mol. The second-order valence-electron chi connectivity index (χ2n) is 12.8. The van der Waals surface area contributed by atoms with E-state index in [2.05, 4.69) is 5.32 Å². The Morgan fingerprint density at radius 2 is 1.84 bits per heavy atom. The topological polar surface area (TPSA) is 135 Å². The zero-order valence-corrected chi connectivity index (χ0v) is 25.8. The summed E-state index contributed by atoms with van der Waals surface area (Å²) < 4.78 is 18.4. The van der Waals surface area contributed by atoms with Crippen LogP contribution in [0.25, 0.3) is 0 Å². The van der Waals surface area contributed by atoms with E-state index in [1.54, 1.807) is 23.1 Å². The molecule has 2 N–H and O–H groups in total. The molecule has 238 valence electrons. The van der Waals surface area contributed by atoms with Crippen molar-refractivity contribution in [3.05, 3.63) is 60.2 Å². The van der Waals surface area contributed by atoms with Gasteiger partial charge in [0.05, 0.1) is 24.7 Å². The quantitative estimate of drug-likeness (QED) is 0.369. The molecule has 0 unspecified atom stereocenters. The van der Waals surface area contributed by atoms with E-state index in [-0.39, 0.29) is 50.3 Å². The third-order valence-corrected chi connectivity index (χ3v) is 8.93. The van der Waals surface area contributed by atoms with Crippen molar-refractivity contribution in [2.24, 2.45) is 11.8 Å². The van der Waals surface area contributed by atoms with E-state index in [9.17, 15) is 24.3 Å². The number of likely N-dealkylation sites (tertiary alicyclic amines) is 1. The van der Waals surface area contributed by atoms with Crippen molar-refractivity contribution in [3.8, 4) is 0 Å². The lowest BCUT2D eigenvalue weighted by Crippen LogP contribution is -2.58. The van der Waals surface area contributed by atoms with E-state index in [0.717, 1.165) is 0 Å². The zero-order valence-electron chi connectivity index (χ0n) is 25.8. The number of esters is 1. The summed E-state index contributed by atoms with van der Waals surface area (Å²) in [6.45, 7) is 6.17. The Hall–Kier alpha value is -3.54. The first-order valence-corrected chi connectivity index (χ1v) is 15.3. The van der Waals surface area contributed by atoms with Crippen molar-refractivity contribution >= 4 is 23.7 Å². The number of benzene rings is 1. The van der Waals surface area contributed by atoms with Crippen LogP contribution >= 0.6 is 0 Å². The number of nitrogens with one attached hydrogen (secondary N) is 1. The monoisotopic (exact) mass is 609 g/mol. The van der Waals surface area contributed by atoms with E-state index in [4.69, 9.17) is 14.2 Å². The summed E-state index contributed by atoms with van der Waals surface area (Å²) in [6, 6.07) is 7.38. The smallest absolute Gasteiger partial charge is 0.313 e. The molecule has 4 heterocycles. The van der Waals surface area contributed by atoms with E-state index >= 15 is 0 Å². The molecule has 0 radical (unpaired) electrons. The lowest BCUT2D eigenvalue weighted by Gasteiger charge is -2.40. The predicted molar refractivity (Wildman–Crippen MR) is 160 cm³/mol. The van der Waals surface area contributed by atoms with Gasteiger partial charge in [0.25, 0.3) is 0 Å². The number of nitrogens with zero attached hydrogens (tertiary/aromatic N) is 2. The maximum Gasteiger partial charge on any atom is 0.313 e. The number of aliphatic hydroxyl groups is 1. The minimum atomic E-state index is -1.43. The summed E-state index contributed by atoms with van der Waals surface area (Å²) >= 11 is 0. The molecule has 1 spiro atoms. The van der Waals surface area contributed by atoms with Crippen molar-refractivity contribution in [3.63, 3.8) is 0 Å². The van der Waals surface area contributed by atoms with Gasteiger partial charge in [-0.25, -0.2) is 0 Å². The number of carbonyl (C=O) groups excluding carboxylic acids is 4. The van der Waals surface area contributed by atoms with Gasteiger partial charge in [-0.3, -0.25) is 19.2 Å². The highest BCUT2D eigenvalue weighted by Crippen LogP contribution is 2.53. The minimum absolute atomic E-state index is 0.0855. The molecule has 1 aromatic rings. The second kappa shape index (κ2) is 12.8. The molecule has 3 amide bonds. The van der Waals surface area contributed by atoms with Gasteiger partial charge in [0.15, 0.2) is 0 Å². The molecule has 0 aromatic heterocycles. The van der Waals surface area contributed by atoms with Gasteiger partial charge in [-0.05, 0) is 39.2 Å². The standard InChI is InChI=1S/C33H43N3O8/c1-32(2,3)36-18-10-16-33-26(29(39)35(17-11-19-37)28(33)30(36)40)25-23(44-33)14-8-9-15-24(38)34-22(20-42-4)27(43-31(25)41)21-12-6-5-7-13-21/h5-8,10,12-14,16,22-23,25-28,37H,9,11,15,17-20H2,1-4H3,(H,34,38)/b14-8-/t22-,23-,25+,26+,27-,28-,33+/m1/s1. The van der Waals surface area contributed by atoms with Crippen LogP contribution in [0.1, 0.15) is 51.7 Å². The molecule has 2 saturated heterocycles. The molecule has 4 aliphatic heterocycles. The Kier molecular flexibility index (Phi) is 9.29. The molecule has 7 atom stereocenters. The summed E-state index contributed by atoms with van der Waals surface area (Å²) in [7, 11) is 1.51. The van der Waals surface area contributed by atoms with Crippen molar-refractivity contribution in [2.75, 3.05) is 33.4 Å². The number of fused-ring (bicyclic) bond motifs is 2. The molecule has 11 heteroatoms. The summed E-state index contributed by atoms with van der Waals surface area (Å²) in [5.41, 5.74) is -1.31. The minimum Gasteiger partial charge on any atom is -0.455 e.